The molecule has 1 atom stereocenters. The van der Waals surface area contributed by atoms with E-state index in [0.717, 1.165) is 4.90 Å². The topological polar surface area (TPSA) is 65.4 Å². The standard InChI is InChI=1S/C19H25FN4O3/c1-21(2)18(26)13-22-7-9-23(10-8-22)19(27)14-11-17(25)24(12-14)16-6-4-3-5-15(16)20/h3-6,14H,7-13H2,1-2H3/p+1/t14-/m0/s1. The van der Waals surface area contributed by atoms with Gasteiger partial charge in [0.15, 0.2) is 6.54 Å². The van der Waals surface area contributed by atoms with Crippen LogP contribution in [0.4, 0.5) is 10.1 Å². The van der Waals surface area contributed by atoms with Gasteiger partial charge in [0.25, 0.3) is 5.91 Å². The maximum atomic E-state index is 14.0. The van der Waals surface area contributed by atoms with Gasteiger partial charge in [0.05, 0.1) is 37.8 Å². The number of quaternary nitrogens is 1. The molecule has 0 aromatic heterocycles. The van der Waals surface area contributed by atoms with Gasteiger partial charge in [-0.2, -0.15) is 0 Å². The van der Waals surface area contributed by atoms with Gasteiger partial charge in [-0.25, -0.2) is 4.39 Å². The van der Waals surface area contributed by atoms with Crippen LogP contribution in [0.5, 0.6) is 0 Å². The van der Waals surface area contributed by atoms with Gasteiger partial charge in [-0.15, -0.1) is 0 Å². The van der Waals surface area contributed by atoms with E-state index in [1.165, 1.54) is 11.0 Å². The number of anilines is 1. The zero-order valence-corrected chi connectivity index (χ0v) is 15.8. The van der Waals surface area contributed by atoms with Crippen molar-refractivity contribution in [2.24, 2.45) is 5.92 Å². The van der Waals surface area contributed by atoms with Gasteiger partial charge in [-0.05, 0) is 12.1 Å². The Kier molecular flexibility index (Phi) is 5.74. The van der Waals surface area contributed by atoms with Gasteiger partial charge >= 0.3 is 0 Å². The van der Waals surface area contributed by atoms with Crippen LogP contribution >= 0.6 is 0 Å². The summed E-state index contributed by atoms with van der Waals surface area (Å²) in [5, 5.41) is 0. The number of hydrogen-bond acceptors (Lipinski definition) is 3. The van der Waals surface area contributed by atoms with E-state index in [4.69, 9.17) is 0 Å². The highest BCUT2D eigenvalue weighted by atomic mass is 19.1. The molecule has 0 bridgehead atoms. The quantitative estimate of drug-likeness (QED) is 0.732. The summed E-state index contributed by atoms with van der Waals surface area (Å²) in [6.45, 7) is 3.20. The number of para-hydroxylation sites is 1. The molecule has 2 heterocycles. The summed E-state index contributed by atoms with van der Waals surface area (Å²) in [7, 11) is 3.47. The van der Waals surface area contributed by atoms with Crippen LogP contribution in [0.15, 0.2) is 24.3 Å². The summed E-state index contributed by atoms with van der Waals surface area (Å²) >= 11 is 0. The zero-order valence-electron chi connectivity index (χ0n) is 15.8. The molecule has 3 rings (SSSR count). The van der Waals surface area contributed by atoms with Crippen LogP contribution in [-0.2, 0) is 14.4 Å². The Bertz CT molecular complexity index is 731. The highest BCUT2D eigenvalue weighted by molar-refractivity contribution is 6.00. The van der Waals surface area contributed by atoms with Gasteiger partial charge in [-0.3, -0.25) is 14.4 Å². The predicted molar refractivity (Wildman–Crippen MR) is 97.7 cm³/mol. The smallest absolute Gasteiger partial charge is 0.277 e. The van der Waals surface area contributed by atoms with E-state index in [9.17, 15) is 18.8 Å². The van der Waals surface area contributed by atoms with Crippen molar-refractivity contribution in [1.29, 1.82) is 0 Å². The molecule has 2 aliphatic rings. The minimum atomic E-state index is -0.457. The van der Waals surface area contributed by atoms with Crippen LogP contribution in [0.2, 0.25) is 0 Å². The average Bonchev–Trinajstić information content (AvgIpc) is 3.03. The summed E-state index contributed by atoms with van der Waals surface area (Å²) in [4.78, 5) is 42.8. The molecule has 2 saturated heterocycles. The summed E-state index contributed by atoms with van der Waals surface area (Å²) < 4.78 is 14.0. The van der Waals surface area contributed by atoms with E-state index in [1.54, 1.807) is 42.1 Å². The van der Waals surface area contributed by atoms with Crippen LogP contribution in [-0.4, -0.2) is 80.9 Å². The Morgan fingerprint density at radius 3 is 2.52 bits per heavy atom. The van der Waals surface area contributed by atoms with Crippen LogP contribution in [0.1, 0.15) is 6.42 Å². The van der Waals surface area contributed by atoms with Crippen LogP contribution in [0.3, 0.4) is 0 Å². The largest absolute Gasteiger partial charge is 0.344 e. The first-order chi connectivity index (χ1) is 12.9. The molecule has 27 heavy (non-hydrogen) atoms. The Labute approximate surface area is 158 Å². The third-order valence-corrected chi connectivity index (χ3v) is 5.30. The monoisotopic (exact) mass is 377 g/mol. The maximum absolute atomic E-state index is 14.0. The third-order valence-electron chi connectivity index (χ3n) is 5.30. The van der Waals surface area contributed by atoms with Crippen molar-refractivity contribution in [3.63, 3.8) is 0 Å². The lowest BCUT2D eigenvalue weighted by Gasteiger charge is -2.33. The lowest BCUT2D eigenvalue weighted by Crippen LogP contribution is -3.15. The second-order valence-corrected chi connectivity index (χ2v) is 7.40. The molecule has 2 fully saturated rings. The first-order valence-corrected chi connectivity index (χ1v) is 9.24. The van der Waals surface area contributed by atoms with Gasteiger partial charge in [0.2, 0.25) is 11.8 Å². The minimum Gasteiger partial charge on any atom is -0.344 e. The Morgan fingerprint density at radius 2 is 1.89 bits per heavy atom. The Balaban J connectivity index is 1.56. The van der Waals surface area contributed by atoms with Crippen molar-refractivity contribution in [3.05, 3.63) is 30.1 Å². The first kappa shape index (κ1) is 19.3. The van der Waals surface area contributed by atoms with Crippen molar-refractivity contribution in [2.45, 2.75) is 6.42 Å². The van der Waals surface area contributed by atoms with Crippen molar-refractivity contribution >= 4 is 23.4 Å². The normalized spacial score (nSPS) is 20.9. The van der Waals surface area contributed by atoms with Crippen molar-refractivity contribution < 1.29 is 23.7 Å². The Hall–Kier alpha value is -2.48. The molecule has 1 aromatic carbocycles. The molecule has 0 spiro atoms. The first-order valence-electron chi connectivity index (χ1n) is 9.24. The average molecular weight is 377 g/mol. The fourth-order valence-electron chi connectivity index (χ4n) is 3.63. The molecule has 7 nitrogen and oxygen atoms in total. The summed E-state index contributed by atoms with van der Waals surface area (Å²) in [6, 6.07) is 6.13. The second kappa shape index (κ2) is 8.04. The number of carbonyl (C=O) groups excluding carboxylic acids is 3. The molecule has 3 amide bonds. The highest BCUT2D eigenvalue weighted by Gasteiger charge is 2.39. The molecule has 0 saturated carbocycles. The number of hydrogen-bond donors (Lipinski definition) is 1. The number of amides is 3. The van der Waals surface area contributed by atoms with Crippen LogP contribution < -0.4 is 9.80 Å². The molecule has 2 aliphatic heterocycles. The summed E-state index contributed by atoms with van der Waals surface area (Å²) in [6.07, 6.45) is 0.110. The Morgan fingerprint density at radius 1 is 1.22 bits per heavy atom. The van der Waals surface area contributed by atoms with E-state index < -0.39 is 11.7 Å². The molecule has 1 N–H and O–H groups in total. The van der Waals surface area contributed by atoms with Gasteiger partial charge < -0.3 is 19.6 Å². The molecule has 8 heteroatoms. The number of nitrogens with zero attached hydrogens (tertiary/aromatic N) is 3. The minimum absolute atomic E-state index is 0.0554. The van der Waals surface area contributed by atoms with Crippen molar-refractivity contribution in [3.8, 4) is 0 Å². The highest BCUT2D eigenvalue weighted by Crippen LogP contribution is 2.28. The van der Waals surface area contributed by atoms with Crippen molar-refractivity contribution in [1.82, 2.24) is 9.80 Å². The number of carbonyl (C=O) groups is 3. The summed E-state index contributed by atoms with van der Waals surface area (Å²) in [5.41, 5.74) is 0.231. The van der Waals surface area contributed by atoms with Gasteiger partial charge in [0.1, 0.15) is 5.82 Å². The van der Waals surface area contributed by atoms with Gasteiger partial charge in [-0.1, -0.05) is 12.1 Å². The maximum Gasteiger partial charge on any atom is 0.277 e. The van der Waals surface area contributed by atoms with E-state index >= 15 is 0 Å². The van der Waals surface area contributed by atoms with Gasteiger partial charge in [0, 0.05) is 27.1 Å². The third kappa shape index (κ3) is 4.27. The fraction of sp³-hybridized carbons (Fsp3) is 0.526. The molecular formula is C19H26FN4O3+. The number of rotatable bonds is 4. The SMILES string of the molecule is CN(C)C(=O)C[NH+]1CCN(C(=O)[C@H]2CC(=O)N(c3ccccc3F)C2)CC1. The summed E-state index contributed by atoms with van der Waals surface area (Å²) in [5.74, 6) is -1.10. The van der Waals surface area contributed by atoms with E-state index in [-0.39, 0.29) is 36.4 Å². The molecule has 1 aromatic rings. The van der Waals surface area contributed by atoms with Crippen molar-refractivity contribution in [2.75, 3.05) is 58.3 Å². The fourth-order valence-corrected chi connectivity index (χ4v) is 3.63. The van der Waals surface area contributed by atoms with Crippen LogP contribution in [0.25, 0.3) is 0 Å². The molecule has 146 valence electrons. The molecule has 0 aliphatic carbocycles. The van der Waals surface area contributed by atoms with E-state index in [0.29, 0.717) is 32.7 Å². The number of piperazine rings is 1. The van der Waals surface area contributed by atoms with Crippen LogP contribution in [0, 0.1) is 11.7 Å². The zero-order chi connectivity index (χ0) is 19.6. The van der Waals surface area contributed by atoms with E-state index in [2.05, 4.69) is 0 Å². The molecular weight excluding hydrogens is 351 g/mol. The number of nitrogens with one attached hydrogen (secondary N) is 1. The second-order valence-electron chi connectivity index (χ2n) is 7.40. The number of likely N-dealkylation sites (N-methyl/N-ethyl adjacent to an activating group) is 1. The lowest BCUT2D eigenvalue weighted by molar-refractivity contribution is -0.896. The molecule has 0 radical (unpaired) electrons. The predicted octanol–water partition coefficient (Wildman–Crippen LogP) is -1.01. The lowest BCUT2D eigenvalue weighted by atomic mass is 10.1. The van der Waals surface area contributed by atoms with E-state index in [1.807, 2.05) is 0 Å². The molecule has 0 unspecified atom stereocenters. The number of halogens is 1. The number of benzene rings is 1.